The Labute approximate surface area is 267 Å². The first kappa shape index (κ1) is 36.2. The first-order chi connectivity index (χ1) is 20.8. The molecule has 10 heteroatoms. The number of nitrogens with one attached hydrogen (secondary N) is 2. The van der Waals surface area contributed by atoms with Gasteiger partial charge in [-0.15, -0.1) is 0 Å². The Balaban J connectivity index is 1.28. The highest BCUT2D eigenvalue weighted by Gasteiger charge is 2.62. The van der Waals surface area contributed by atoms with Gasteiger partial charge >= 0.3 is 10.4 Å². The number of carbonyl (C=O) groups is 1. The van der Waals surface area contributed by atoms with Crippen molar-refractivity contribution in [3.63, 3.8) is 0 Å². The molecule has 0 heterocycles. The minimum absolute atomic E-state index is 0.0225. The normalized spacial score (nSPS) is 38.4. The Bertz CT molecular complexity index is 1040. The molecular weight excluding hydrogens is 578 g/mol. The molecule has 0 aromatic heterocycles. The van der Waals surface area contributed by atoms with E-state index >= 15 is 0 Å². The zero-order chi connectivity index (χ0) is 32.1. The first-order valence-electron chi connectivity index (χ1n) is 17.8. The molecule has 4 aliphatic carbocycles. The Hall–Kier alpha value is -0.620. The average molecular weight is 642 g/mol. The number of fused-ring (bicyclic) bond motifs is 5. The van der Waals surface area contributed by atoms with Crippen LogP contribution in [-0.4, -0.2) is 68.8 Å². The third-order valence-electron chi connectivity index (χ3n) is 13.1. The summed E-state index contributed by atoms with van der Waals surface area (Å²) in [5, 5.41) is 19.1. The summed E-state index contributed by atoms with van der Waals surface area (Å²) < 4.78 is 35.0. The van der Waals surface area contributed by atoms with Crippen LogP contribution in [0.15, 0.2) is 0 Å². The SMILES string of the molecule is CC(COS(=O)(=O)O)C(=O)CC[C@@H](C)C1CCC2C3C(CC[C@@]21C)[C@@]1(C)CC[C@H](NCCCNCCCCN)C[C@@H]1C[C@H]3O. The number of hydrogen-bond donors (Lipinski definition) is 5. The predicted molar refractivity (Wildman–Crippen MR) is 174 cm³/mol. The number of unbranched alkanes of at least 4 members (excludes halogenated alkanes) is 1. The second kappa shape index (κ2) is 15.5. The molecule has 0 saturated heterocycles. The highest BCUT2D eigenvalue weighted by atomic mass is 32.3. The van der Waals surface area contributed by atoms with Crippen molar-refractivity contribution in [2.45, 2.75) is 123 Å². The quantitative estimate of drug-likeness (QED) is 0.112. The summed E-state index contributed by atoms with van der Waals surface area (Å²) >= 11 is 0. The van der Waals surface area contributed by atoms with E-state index in [0.29, 0.717) is 53.4 Å². The van der Waals surface area contributed by atoms with E-state index in [2.05, 4.69) is 35.6 Å². The number of nitrogens with two attached hydrogens (primary N) is 1. The maximum absolute atomic E-state index is 12.7. The van der Waals surface area contributed by atoms with Crippen LogP contribution in [0.25, 0.3) is 0 Å². The molecule has 4 rings (SSSR count). The van der Waals surface area contributed by atoms with Crippen molar-refractivity contribution in [1.29, 1.82) is 0 Å². The molecule has 4 saturated carbocycles. The van der Waals surface area contributed by atoms with Crippen LogP contribution < -0.4 is 16.4 Å². The van der Waals surface area contributed by atoms with Crippen molar-refractivity contribution in [3.05, 3.63) is 0 Å². The zero-order valence-electron chi connectivity index (χ0n) is 27.9. The van der Waals surface area contributed by atoms with E-state index in [-0.39, 0.29) is 23.9 Å². The standard InChI is InChI=1S/C34H63N3O6S/c1-23(8-11-30(38)24(2)22-43-44(40,41)42)27-9-10-28-32-29(13-15-34(27,28)4)33(3)14-12-26(20-25(33)21-31(32)39)37-19-7-18-36-17-6-5-16-35/h23-29,31-32,36-37,39H,5-22,35H2,1-4H3,(H,40,41,42)/t23-,24?,25-,26+,27?,28?,29?,31-,32?,33+,34-/m1/s1. The van der Waals surface area contributed by atoms with Gasteiger partial charge in [0.1, 0.15) is 5.78 Å². The van der Waals surface area contributed by atoms with Crippen LogP contribution in [0, 0.1) is 52.3 Å². The van der Waals surface area contributed by atoms with Crippen LogP contribution in [-0.2, 0) is 19.4 Å². The summed E-state index contributed by atoms with van der Waals surface area (Å²) in [6.45, 7) is 12.6. The van der Waals surface area contributed by atoms with Crippen LogP contribution in [0.4, 0.5) is 0 Å². The molecule has 0 radical (unpaired) electrons. The molecule has 6 N–H and O–H groups in total. The van der Waals surface area contributed by atoms with Gasteiger partial charge in [-0.3, -0.25) is 9.35 Å². The van der Waals surface area contributed by atoms with E-state index in [0.717, 1.165) is 64.7 Å². The number of Topliss-reactive ketones (excluding diaryl/α,β-unsaturated/α-hetero) is 1. The third-order valence-corrected chi connectivity index (χ3v) is 13.5. The van der Waals surface area contributed by atoms with Crippen molar-refractivity contribution in [3.8, 4) is 0 Å². The Morgan fingerprint density at radius 3 is 2.41 bits per heavy atom. The lowest BCUT2D eigenvalue weighted by Gasteiger charge is -2.62. The maximum atomic E-state index is 12.7. The summed E-state index contributed by atoms with van der Waals surface area (Å²) in [5.74, 6) is 2.39. The number of aliphatic hydroxyl groups is 1. The zero-order valence-corrected chi connectivity index (χ0v) is 28.8. The van der Waals surface area contributed by atoms with Gasteiger partial charge in [0.2, 0.25) is 0 Å². The molecule has 0 amide bonds. The molecule has 9 nitrogen and oxygen atoms in total. The van der Waals surface area contributed by atoms with Gasteiger partial charge in [0.15, 0.2) is 0 Å². The van der Waals surface area contributed by atoms with E-state index in [4.69, 9.17) is 10.3 Å². The van der Waals surface area contributed by atoms with Crippen LogP contribution >= 0.6 is 0 Å². The Morgan fingerprint density at radius 1 is 0.977 bits per heavy atom. The van der Waals surface area contributed by atoms with E-state index < -0.39 is 16.3 Å². The molecule has 0 aliphatic heterocycles. The summed E-state index contributed by atoms with van der Waals surface area (Å²) in [4.78, 5) is 12.7. The number of ketones is 1. The van der Waals surface area contributed by atoms with Gasteiger partial charge in [0.05, 0.1) is 12.7 Å². The number of rotatable bonds is 17. The summed E-state index contributed by atoms with van der Waals surface area (Å²) in [6, 6.07) is 0.560. The van der Waals surface area contributed by atoms with E-state index in [1.54, 1.807) is 6.92 Å². The molecule has 4 aliphatic rings. The maximum Gasteiger partial charge on any atom is 0.397 e. The monoisotopic (exact) mass is 641 g/mol. The molecule has 0 bridgehead atoms. The van der Waals surface area contributed by atoms with Crippen molar-refractivity contribution < 1.29 is 27.1 Å². The summed E-state index contributed by atoms with van der Waals surface area (Å²) in [6.07, 6.45) is 13.7. The van der Waals surface area contributed by atoms with Crippen LogP contribution in [0.2, 0.25) is 0 Å². The third kappa shape index (κ3) is 8.45. The fourth-order valence-electron chi connectivity index (χ4n) is 10.5. The van der Waals surface area contributed by atoms with Gasteiger partial charge in [0, 0.05) is 18.4 Å². The largest absolute Gasteiger partial charge is 0.397 e. The number of aliphatic hydroxyl groups excluding tert-OH is 1. The van der Waals surface area contributed by atoms with Gasteiger partial charge in [-0.2, -0.15) is 8.42 Å². The fraction of sp³-hybridized carbons (Fsp3) is 0.971. The Morgan fingerprint density at radius 2 is 1.68 bits per heavy atom. The van der Waals surface area contributed by atoms with Gasteiger partial charge in [-0.1, -0.05) is 27.7 Å². The van der Waals surface area contributed by atoms with Crippen molar-refractivity contribution in [2.75, 3.05) is 32.8 Å². The molecule has 44 heavy (non-hydrogen) atoms. The minimum Gasteiger partial charge on any atom is -0.393 e. The first-order valence-corrected chi connectivity index (χ1v) is 19.1. The molecule has 4 fully saturated rings. The minimum atomic E-state index is -4.54. The predicted octanol–water partition coefficient (Wildman–Crippen LogP) is 4.73. The smallest absolute Gasteiger partial charge is 0.393 e. The van der Waals surface area contributed by atoms with Crippen LogP contribution in [0.1, 0.15) is 111 Å². The lowest BCUT2D eigenvalue weighted by atomic mass is 9.43. The molecular formula is C34H63N3O6S. The van der Waals surface area contributed by atoms with Gasteiger partial charge in [0.25, 0.3) is 0 Å². The van der Waals surface area contributed by atoms with Crippen LogP contribution in [0.3, 0.4) is 0 Å². The van der Waals surface area contributed by atoms with Gasteiger partial charge in [-0.05, 0) is 150 Å². The van der Waals surface area contributed by atoms with Crippen molar-refractivity contribution in [1.82, 2.24) is 10.6 Å². The molecule has 5 unspecified atom stereocenters. The molecule has 11 atom stereocenters. The van der Waals surface area contributed by atoms with Crippen molar-refractivity contribution in [2.24, 2.45) is 58.0 Å². The number of hydrogen-bond acceptors (Lipinski definition) is 8. The molecule has 0 aromatic carbocycles. The van der Waals surface area contributed by atoms with E-state index in [1.807, 2.05) is 0 Å². The highest BCUT2D eigenvalue weighted by Crippen LogP contribution is 2.68. The van der Waals surface area contributed by atoms with E-state index in [1.165, 1.54) is 38.5 Å². The topological polar surface area (TPSA) is 151 Å². The van der Waals surface area contributed by atoms with Crippen molar-refractivity contribution >= 4 is 16.2 Å². The molecule has 0 spiro atoms. The highest BCUT2D eigenvalue weighted by molar-refractivity contribution is 7.80. The molecule has 0 aromatic rings. The second-order valence-corrected chi connectivity index (χ2v) is 16.7. The fourth-order valence-corrected chi connectivity index (χ4v) is 10.9. The average Bonchev–Trinajstić information content (AvgIpc) is 3.33. The van der Waals surface area contributed by atoms with E-state index in [9.17, 15) is 18.3 Å². The Kier molecular flexibility index (Phi) is 12.8. The van der Waals surface area contributed by atoms with Crippen LogP contribution in [0.5, 0.6) is 0 Å². The second-order valence-electron chi connectivity index (χ2n) is 15.6. The lowest BCUT2D eigenvalue weighted by Crippen LogP contribution is -2.59. The van der Waals surface area contributed by atoms with Gasteiger partial charge < -0.3 is 21.5 Å². The number of carbonyl (C=O) groups excluding carboxylic acids is 1. The summed E-state index contributed by atoms with van der Waals surface area (Å²) in [5.41, 5.74) is 6.07. The summed E-state index contributed by atoms with van der Waals surface area (Å²) in [7, 11) is -4.54. The van der Waals surface area contributed by atoms with Gasteiger partial charge in [-0.25, -0.2) is 4.18 Å². The molecule has 256 valence electrons. The lowest BCUT2D eigenvalue weighted by molar-refractivity contribution is -0.167.